The van der Waals surface area contributed by atoms with Gasteiger partial charge in [0.1, 0.15) is 0 Å². The summed E-state index contributed by atoms with van der Waals surface area (Å²) in [5, 5.41) is 11.4. The lowest BCUT2D eigenvalue weighted by Gasteiger charge is -2.31. The second kappa shape index (κ2) is 7.55. The van der Waals surface area contributed by atoms with Gasteiger partial charge in [-0.1, -0.05) is 18.2 Å². The van der Waals surface area contributed by atoms with Crippen LogP contribution in [-0.2, 0) is 13.0 Å². The van der Waals surface area contributed by atoms with E-state index in [2.05, 4.69) is 4.74 Å². The maximum absolute atomic E-state index is 12.6. The summed E-state index contributed by atoms with van der Waals surface area (Å²) < 4.78 is 34.5. The summed E-state index contributed by atoms with van der Waals surface area (Å²) in [7, 11) is 1.31. The minimum Gasteiger partial charge on any atom is -0.493 e. The molecule has 6 nitrogen and oxygen atoms in total. The van der Waals surface area contributed by atoms with Crippen LogP contribution in [-0.4, -0.2) is 25.2 Å². The van der Waals surface area contributed by atoms with Gasteiger partial charge in [-0.25, -0.2) is 0 Å². The summed E-state index contributed by atoms with van der Waals surface area (Å²) in [6.45, 7) is -2.06. The fraction of sp³-hybridized carbons (Fsp3) is 0.333. The number of aryl methyl sites for hydroxylation is 1. The average molecular weight is 364 g/mol. The first-order chi connectivity index (χ1) is 12.5. The molecule has 2 aromatic carbocycles. The standard InChI is InChI=1S/C18H18F2N2O4/c1-25-16-9-13(15(22(23)24)10-17(16)26-18(19)20)11-21-8-4-6-12-5-2-3-7-14(12)21/h2-3,5,7,9-10,18H,4,6,8,11H2,1H3. The zero-order valence-corrected chi connectivity index (χ0v) is 14.2. The highest BCUT2D eigenvalue weighted by Crippen LogP contribution is 2.37. The summed E-state index contributed by atoms with van der Waals surface area (Å²) in [4.78, 5) is 12.9. The number of hydrogen-bond donors (Lipinski definition) is 0. The van der Waals surface area contributed by atoms with Gasteiger partial charge in [0.15, 0.2) is 11.5 Å². The second-order valence-electron chi connectivity index (χ2n) is 5.92. The molecule has 0 spiro atoms. The molecule has 1 aliphatic rings. The number of anilines is 1. The van der Waals surface area contributed by atoms with Crippen LogP contribution in [0.5, 0.6) is 11.5 Å². The Bertz CT molecular complexity index is 814. The molecule has 0 aromatic heterocycles. The highest BCUT2D eigenvalue weighted by Gasteiger charge is 2.25. The number of para-hydroxylation sites is 1. The maximum atomic E-state index is 12.6. The topological polar surface area (TPSA) is 64.8 Å². The minimum absolute atomic E-state index is 0.0381. The molecular weight excluding hydrogens is 346 g/mol. The number of halogens is 2. The molecule has 0 aliphatic carbocycles. The van der Waals surface area contributed by atoms with Crippen LogP contribution in [0, 0.1) is 10.1 Å². The molecule has 0 N–H and O–H groups in total. The number of methoxy groups -OCH3 is 1. The molecule has 0 unspecified atom stereocenters. The number of fused-ring (bicyclic) bond motifs is 1. The third kappa shape index (κ3) is 3.68. The van der Waals surface area contributed by atoms with E-state index in [9.17, 15) is 18.9 Å². The molecule has 1 aliphatic heterocycles. The summed E-state index contributed by atoms with van der Waals surface area (Å²) in [5.74, 6) is -0.312. The van der Waals surface area contributed by atoms with Gasteiger partial charge in [-0.05, 0) is 30.5 Å². The third-order valence-corrected chi connectivity index (χ3v) is 4.35. The smallest absolute Gasteiger partial charge is 0.387 e. The first-order valence-electron chi connectivity index (χ1n) is 8.12. The lowest BCUT2D eigenvalue weighted by Crippen LogP contribution is -2.29. The van der Waals surface area contributed by atoms with Crippen LogP contribution in [0.25, 0.3) is 0 Å². The van der Waals surface area contributed by atoms with Crippen molar-refractivity contribution in [2.24, 2.45) is 0 Å². The van der Waals surface area contributed by atoms with E-state index in [4.69, 9.17) is 4.74 Å². The predicted octanol–water partition coefficient (Wildman–Crippen LogP) is 4.16. The number of nitro groups is 1. The Hall–Kier alpha value is -2.90. The van der Waals surface area contributed by atoms with Gasteiger partial charge in [0.05, 0.1) is 23.7 Å². The third-order valence-electron chi connectivity index (χ3n) is 4.35. The van der Waals surface area contributed by atoms with Gasteiger partial charge in [0, 0.05) is 18.8 Å². The molecule has 8 heteroatoms. The molecule has 138 valence electrons. The Morgan fingerprint density at radius 1 is 1.27 bits per heavy atom. The first-order valence-corrected chi connectivity index (χ1v) is 8.12. The molecule has 3 rings (SSSR count). The quantitative estimate of drug-likeness (QED) is 0.569. The summed E-state index contributed by atoms with van der Waals surface area (Å²) in [6, 6.07) is 10.3. The van der Waals surface area contributed by atoms with Crippen LogP contribution in [0.15, 0.2) is 36.4 Å². The normalized spacial score (nSPS) is 13.5. The van der Waals surface area contributed by atoms with Gasteiger partial charge in [0.25, 0.3) is 5.69 Å². The molecule has 0 saturated heterocycles. The van der Waals surface area contributed by atoms with Crippen LogP contribution >= 0.6 is 0 Å². The van der Waals surface area contributed by atoms with Gasteiger partial charge in [-0.3, -0.25) is 10.1 Å². The van der Waals surface area contributed by atoms with E-state index in [1.807, 2.05) is 29.2 Å². The number of alkyl halides is 2. The van der Waals surface area contributed by atoms with Crippen LogP contribution in [0.3, 0.4) is 0 Å². The number of nitro benzene ring substituents is 1. The van der Waals surface area contributed by atoms with E-state index >= 15 is 0 Å². The van der Waals surface area contributed by atoms with Gasteiger partial charge in [-0.15, -0.1) is 0 Å². The fourth-order valence-corrected chi connectivity index (χ4v) is 3.22. The predicted molar refractivity (Wildman–Crippen MR) is 92.1 cm³/mol. The van der Waals surface area contributed by atoms with Gasteiger partial charge < -0.3 is 14.4 Å². The van der Waals surface area contributed by atoms with Gasteiger partial charge in [-0.2, -0.15) is 8.78 Å². The summed E-state index contributed by atoms with van der Waals surface area (Å²) in [5.41, 5.74) is 2.32. The Morgan fingerprint density at radius 2 is 2.04 bits per heavy atom. The van der Waals surface area contributed by atoms with E-state index in [0.717, 1.165) is 31.1 Å². The number of ether oxygens (including phenoxy) is 2. The van der Waals surface area contributed by atoms with E-state index in [-0.39, 0.29) is 23.7 Å². The van der Waals surface area contributed by atoms with Crippen molar-refractivity contribution in [3.05, 3.63) is 57.6 Å². The molecule has 0 amide bonds. The molecule has 0 radical (unpaired) electrons. The summed E-state index contributed by atoms with van der Waals surface area (Å²) in [6.07, 6.45) is 1.90. The Labute approximate surface area is 149 Å². The zero-order chi connectivity index (χ0) is 18.7. The molecule has 26 heavy (non-hydrogen) atoms. The summed E-state index contributed by atoms with van der Waals surface area (Å²) >= 11 is 0. The molecule has 0 fully saturated rings. The van der Waals surface area contributed by atoms with E-state index in [1.165, 1.54) is 18.7 Å². The van der Waals surface area contributed by atoms with Crippen molar-refractivity contribution in [1.29, 1.82) is 0 Å². The van der Waals surface area contributed by atoms with Crippen molar-refractivity contribution in [3.8, 4) is 11.5 Å². The maximum Gasteiger partial charge on any atom is 0.387 e. The van der Waals surface area contributed by atoms with Crippen LogP contribution in [0.2, 0.25) is 0 Å². The SMILES string of the molecule is COc1cc(CN2CCCc3ccccc32)c([N+](=O)[O-])cc1OC(F)F. The average Bonchev–Trinajstić information content (AvgIpc) is 2.62. The monoisotopic (exact) mass is 364 g/mol. The van der Waals surface area contributed by atoms with Crippen molar-refractivity contribution < 1.29 is 23.2 Å². The minimum atomic E-state index is -3.09. The Balaban J connectivity index is 1.98. The Morgan fingerprint density at radius 3 is 2.73 bits per heavy atom. The van der Waals surface area contributed by atoms with Crippen molar-refractivity contribution in [1.82, 2.24) is 0 Å². The number of benzene rings is 2. The van der Waals surface area contributed by atoms with Crippen LogP contribution in [0.1, 0.15) is 17.5 Å². The van der Waals surface area contributed by atoms with E-state index in [1.54, 1.807) is 0 Å². The Kier molecular flexibility index (Phi) is 5.20. The number of nitrogens with zero attached hydrogens (tertiary/aromatic N) is 2. The molecule has 1 heterocycles. The first kappa shape index (κ1) is 17.9. The van der Waals surface area contributed by atoms with Crippen molar-refractivity contribution in [2.75, 3.05) is 18.6 Å². The second-order valence-corrected chi connectivity index (χ2v) is 5.92. The molecular formula is C18H18F2N2O4. The lowest BCUT2D eigenvalue weighted by atomic mass is 10.0. The number of hydrogen-bond acceptors (Lipinski definition) is 5. The van der Waals surface area contributed by atoms with Crippen molar-refractivity contribution >= 4 is 11.4 Å². The fourth-order valence-electron chi connectivity index (χ4n) is 3.22. The molecule has 2 aromatic rings. The van der Waals surface area contributed by atoms with E-state index < -0.39 is 11.5 Å². The van der Waals surface area contributed by atoms with Crippen LogP contribution < -0.4 is 14.4 Å². The zero-order valence-electron chi connectivity index (χ0n) is 14.2. The molecule has 0 atom stereocenters. The molecule has 0 saturated carbocycles. The van der Waals surface area contributed by atoms with Crippen LogP contribution in [0.4, 0.5) is 20.2 Å². The number of rotatable bonds is 6. The lowest BCUT2D eigenvalue weighted by molar-refractivity contribution is -0.385. The van der Waals surface area contributed by atoms with Gasteiger partial charge >= 0.3 is 6.61 Å². The van der Waals surface area contributed by atoms with Crippen molar-refractivity contribution in [3.63, 3.8) is 0 Å². The highest BCUT2D eigenvalue weighted by molar-refractivity contribution is 5.59. The van der Waals surface area contributed by atoms with Crippen molar-refractivity contribution in [2.45, 2.75) is 26.0 Å². The highest BCUT2D eigenvalue weighted by atomic mass is 19.3. The largest absolute Gasteiger partial charge is 0.493 e. The van der Waals surface area contributed by atoms with E-state index in [0.29, 0.717) is 5.56 Å². The van der Waals surface area contributed by atoms with Gasteiger partial charge in [0.2, 0.25) is 0 Å². The molecule has 0 bridgehead atoms.